The maximum atomic E-state index is 12.9. The number of alkyl halides is 3. The smallest absolute Gasteiger partial charge is 0.416 e. The van der Waals surface area contributed by atoms with Crippen LogP contribution in [-0.4, -0.2) is 35.3 Å². The second kappa shape index (κ2) is 7.46. The van der Waals surface area contributed by atoms with Gasteiger partial charge in [0.05, 0.1) is 17.7 Å². The molecule has 1 atom stereocenters. The third-order valence-electron chi connectivity index (χ3n) is 3.23. The van der Waals surface area contributed by atoms with Gasteiger partial charge in [-0.3, -0.25) is 4.79 Å². The molecule has 0 aliphatic rings. The molecule has 0 aromatic heterocycles. The van der Waals surface area contributed by atoms with Crippen molar-refractivity contribution >= 4 is 5.78 Å². The van der Waals surface area contributed by atoms with Crippen LogP contribution < -0.4 is 4.74 Å². The Bertz CT molecular complexity index is 699. The molecular weight excluding hydrogens is 325 g/mol. The Morgan fingerprint density at radius 3 is 2.38 bits per heavy atom. The van der Waals surface area contributed by atoms with Crippen LogP contribution in [0.15, 0.2) is 48.5 Å². The fraction of sp³-hybridized carbons (Fsp3) is 0.235. The quantitative estimate of drug-likeness (QED) is 0.794. The summed E-state index contributed by atoms with van der Waals surface area (Å²) >= 11 is 0. The van der Waals surface area contributed by atoms with E-state index in [1.165, 1.54) is 12.1 Å². The average molecular weight is 340 g/mol. The van der Waals surface area contributed by atoms with E-state index in [9.17, 15) is 23.1 Å². The van der Waals surface area contributed by atoms with Crippen LogP contribution in [0.3, 0.4) is 0 Å². The highest BCUT2D eigenvalue weighted by molar-refractivity contribution is 6.10. The van der Waals surface area contributed by atoms with Crippen LogP contribution in [-0.2, 0) is 6.18 Å². The number of hydrogen-bond acceptors (Lipinski definition) is 4. The van der Waals surface area contributed by atoms with Crippen molar-refractivity contribution < 1.29 is 32.9 Å². The van der Waals surface area contributed by atoms with E-state index < -0.39 is 30.2 Å². The van der Waals surface area contributed by atoms with E-state index in [-0.39, 0.29) is 23.5 Å². The van der Waals surface area contributed by atoms with Crippen LogP contribution in [0, 0.1) is 0 Å². The fourth-order valence-electron chi connectivity index (χ4n) is 1.99. The predicted molar refractivity (Wildman–Crippen MR) is 79.9 cm³/mol. The molecule has 0 aliphatic heterocycles. The molecule has 4 nitrogen and oxygen atoms in total. The Morgan fingerprint density at radius 2 is 1.79 bits per heavy atom. The van der Waals surface area contributed by atoms with Crippen molar-refractivity contribution in [1.29, 1.82) is 0 Å². The van der Waals surface area contributed by atoms with Crippen LogP contribution >= 0.6 is 0 Å². The van der Waals surface area contributed by atoms with Crippen molar-refractivity contribution in [2.45, 2.75) is 12.3 Å². The predicted octanol–water partition coefficient (Wildman–Crippen LogP) is 2.67. The van der Waals surface area contributed by atoms with Crippen molar-refractivity contribution in [2.24, 2.45) is 0 Å². The van der Waals surface area contributed by atoms with Gasteiger partial charge >= 0.3 is 6.18 Å². The van der Waals surface area contributed by atoms with Crippen molar-refractivity contribution in [2.75, 3.05) is 13.2 Å². The van der Waals surface area contributed by atoms with E-state index in [0.717, 1.165) is 18.2 Å². The average Bonchev–Trinajstić information content (AvgIpc) is 2.58. The monoisotopic (exact) mass is 340 g/mol. The molecular formula is C17H15F3O4. The lowest BCUT2D eigenvalue weighted by Crippen LogP contribution is -2.22. The molecule has 0 aliphatic carbocycles. The second-order valence-corrected chi connectivity index (χ2v) is 5.05. The van der Waals surface area contributed by atoms with Gasteiger partial charge in [0.25, 0.3) is 0 Å². The molecule has 2 N–H and O–H groups in total. The maximum Gasteiger partial charge on any atom is 0.416 e. The van der Waals surface area contributed by atoms with Gasteiger partial charge in [0.2, 0.25) is 0 Å². The van der Waals surface area contributed by atoms with Gasteiger partial charge in [0.1, 0.15) is 18.5 Å². The summed E-state index contributed by atoms with van der Waals surface area (Å²) in [6.07, 6.45) is -5.80. The normalized spacial score (nSPS) is 12.7. The zero-order chi connectivity index (χ0) is 17.7. The third kappa shape index (κ3) is 4.33. The zero-order valence-corrected chi connectivity index (χ0v) is 12.5. The van der Waals surface area contributed by atoms with E-state index in [1.54, 1.807) is 18.2 Å². The molecule has 0 amide bonds. The summed E-state index contributed by atoms with van der Waals surface area (Å²) in [7, 11) is 0. The summed E-state index contributed by atoms with van der Waals surface area (Å²) in [6.45, 7) is -0.917. The number of carbonyl (C=O) groups excluding carboxylic acids is 1. The molecule has 0 fully saturated rings. The maximum absolute atomic E-state index is 12.9. The highest BCUT2D eigenvalue weighted by Crippen LogP contribution is 2.33. The second-order valence-electron chi connectivity index (χ2n) is 5.05. The van der Waals surface area contributed by atoms with Crippen molar-refractivity contribution in [1.82, 2.24) is 0 Å². The third-order valence-corrected chi connectivity index (χ3v) is 3.23. The molecule has 128 valence electrons. The summed E-state index contributed by atoms with van der Waals surface area (Å²) in [6, 6.07) is 10.4. The van der Waals surface area contributed by atoms with Gasteiger partial charge in [-0.2, -0.15) is 13.2 Å². The Morgan fingerprint density at radius 1 is 1.12 bits per heavy atom. The van der Waals surface area contributed by atoms with Crippen LogP contribution in [0.2, 0.25) is 0 Å². The lowest BCUT2D eigenvalue weighted by atomic mass is 10.00. The van der Waals surface area contributed by atoms with Crippen LogP contribution in [0.4, 0.5) is 13.2 Å². The molecule has 2 aromatic carbocycles. The molecule has 2 aromatic rings. The molecule has 0 bridgehead atoms. The number of benzene rings is 2. The minimum absolute atomic E-state index is 0.0932. The number of halogens is 3. The molecule has 0 radical (unpaired) electrons. The van der Waals surface area contributed by atoms with Gasteiger partial charge in [-0.05, 0) is 18.2 Å². The van der Waals surface area contributed by atoms with E-state index in [2.05, 4.69) is 0 Å². The first-order valence-corrected chi connectivity index (χ1v) is 7.05. The highest BCUT2D eigenvalue weighted by atomic mass is 19.4. The first-order valence-electron chi connectivity index (χ1n) is 7.05. The number of ketones is 1. The fourth-order valence-corrected chi connectivity index (χ4v) is 1.99. The van der Waals surface area contributed by atoms with E-state index >= 15 is 0 Å². The van der Waals surface area contributed by atoms with Crippen molar-refractivity contribution in [3.8, 4) is 5.75 Å². The Kier molecular flexibility index (Phi) is 5.58. The number of aliphatic hydroxyl groups is 2. The molecule has 7 heteroatoms. The van der Waals surface area contributed by atoms with Crippen molar-refractivity contribution in [3.05, 3.63) is 65.2 Å². The molecule has 0 saturated carbocycles. The molecule has 0 spiro atoms. The topological polar surface area (TPSA) is 66.8 Å². The Balaban J connectivity index is 2.42. The molecule has 1 unspecified atom stereocenters. The largest absolute Gasteiger partial charge is 0.490 e. The summed E-state index contributed by atoms with van der Waals surface area (Å²) in [5, 5.41) is 18.1. The molecule has 0 saturated heterocycles. The summed E-state index contributed by atoms with van der Waals surface area (Å²) in [5.41, 5.74) is -1.03. The Labute approximate surface area is 136 Å². The number of carbonyl (C=O) groups is 1. The first kappa shape index (κ1) is 18.0. The minimum atomic E-state index is -4.60. The molecule has 0 heterocycles. The van der Waals surface area contributed by atoms with E-state index in [1.807, 2.05) is 0 Å². The van der Waals surface area contributed by atoms with Gasteiger partial charge in [-0.1, -0.05) is 30.3 Å². The van der Waals surface area contributed by atoms with Gasteiger partial charge in [-0.15, -0.1) is 0 Å². The minimum Gasteiger partial charge on any atom is -0.490 e. The zero-order valence-electron chi connectivity index (χ0n) is 12.5. The first-order chi connectivity index (χ1) is 11.3. The lowest BCUT2D eigenvalue weighted by Gasteiger charge is -2.15. The number of rotatable bonds is 6. The van der Waals surface area contributed by atoms with Crippen LogP contribution in [0.5, 0.6) is 5.75 Å². The summed E-state index contributed by atoms with van der Waals surface area (Å²) in [5.74, 6) is -0.723. The van der Waals surface area contributed by atoms with Crippen LogP contribution in [0.1, 0.15) is 21.5 Å². The highest BCUT2D eigenvalue weighted by Gasteiger charge is 2.32. The van der Waals surface area contributed by atoms with Crippen LogP contribution in [0.25, 0.3) is 0 Å². The van der Waals surface area contributed by atoms with Gasteiger partial charge in [-0.25, -0.2) is 0 Å². The number of hydrogen-bond donors (Lipinski definition) is 2. The lowest BCUT2D eigenvalue weighted by molar-refractivity contribution is -0.137. The number of aliphatic hydroxyl groups excluding tert-OH is 2. The molecule has 24 heavy (non-hydrogen) atoms. The molecule has 2 rings (SSSR count). The van der Waals surface area contributed by atoms with E-state index in [0.29, 0.717) is 0 Å². The van der Waals surface area contributed by atoms with Crippen molar-refractivity contribution in [3.63, 3.8) is 0 Å². The Hall–Kier alpha value is -2.38. The van der Waals surface area contributed by atoms with E-state index in [4.69, 9.17) is 9.84 Å². The SMILES string of the molecule is O=C(c1ccccc1)c1cc(C(F)(F)F)ccc1OCC(O)CO. The summed E-state index contributed by atoms with van der Waals surface area (Å²) < 4.78 is 43.9. The standard InChI is InChI=1S/C17H15F3O4/c18-17(19,20)12-6-7-15(24-10-13(22)9-21)14(8-12)16(23)11-4-2-1-3-5-11/h1-8,13,21-22H,9-10H2. The number of ether oxygens (including phenoxy) is 1. The van der Waals surface area contributed by atoms with Gasteiger partial charge in [0.15, 0.2) is 5.78 Å². The van der Waals surface area contributed by atoms with Gasteiger partial charge in [0, 0.05) is 5.56 Å². The summed E-state index contributed by atoms with van der Waals surface area (Å²) in [4.78, 5) is 12.5. The van der Waals surface area contributed by atoms with Gasteiger partial charge < -0.3 is 14.9 Å².